The molecule has 418 valence electrons. The minimum atomic E-state index is -0.974. The second-order valence-electron chi connectivity index (χ2n) is 23.5. The van der Waals surface area contributed by atoms with Gasteiger partial charge in [-0.1, -0.05) is 132 Å². The Kier molecular flexibility index (Phi) is 18.9. The summed E-state index contributed by atoms with van der Waals surface area (Å²) in [6, 6.07) is 23.7. The van der Waals surface area contributed by atoms with E-state index in [9.17, 15) is 28.8 Å². The van der Waals surface area contributed by atoms with Gasteiger partial charge < -0.3 is 46.6 Å². The van der Waals surface area contributed by atoms with Crippen LogP contribution in [0.1, 0.15) is 137 Å². The number of carbonyl (C=O) groups is 7. The van der Waals surface area contributed by atoms with E-state index in [1.807, 2.05) is 109 Å². The number of hydrogen-bond donors (Lipinski definition) is 6. The van der Waals surface area contributed by atoms with Gasteiger partial charge >= 0.3 is 0 Å². The van der Waals surface area contributed by atoms with Gasteiger partial charge in [-0.15, -0.1) is 0 Å². The number of amides is 7. The van der Waals surface area contributed by atoms with Crippen LogP contribution in [0.25, 0.3) is 0 Å². The van der Waals surface area contributed by atoms with E-state index >= 15 is 4.79 Å². The highest BCUT2D eigenvalue weighted by atomic mass is 35.5. The van der Waals surface area contributed by atoms with E-state index in [0.717, 1.165) is 36.0 Å². The summed E-state index contributed by atoms with van der Waals surface area (Å²) in [4.78, 5) is 105. The lowest BCUT2D eigenvalue weighted by Crippen LogP contribution is -2.62. The second-order valence-corrected chi connectivity index (χ2v) is 23.9. The number of carbonyl (C=O) groups excluding carboxylic acids is 7. The Morgan fingerprint density at radius 3 is 1.81 bits per heavy atom. The van der Waals surface area contributed by atoms with Gasteiger partial charge in [0.25, 0.3) is 5.91 Å². The highest BCUT2D eigenvalue weighted by molar-refractivity contribution is 6.31. The summed E-state index contributed by atoms with van der Waals surface area (Å²) in [6.45, 7) is 16.9. The molecule has 7 amide bonds. The molecule has 0 saturated carbocycles. The number of hydrogen-bond acceptors (Lipinski definition) is 9. The molecular weight excluding hydrogens is 1010 g/mol. The third-order valence-corrected chi connectivity index (χ3v) is 16.2. The van der Waals surface area contributed by atoms with Crippen LogP contribution >= 0.6 is 11.6 Å². The van der Waals surface area contributed by atoms with Gasteiger partial charge in [-0.3, -0.25) is 33.6 Å². The summed E-state index contributed by atoms with van der Waals surface area (Å²) in [5, 5.41) is 18.6. The van der Waals surface area contributed by atoms with Crippen LogP contribution in [0.15, 0.2) is 97.1 Å². The zero-order valence-corrected chi connectivity index (χ0v) is 47.9. The second kappa shape index (κ2) is 25.0. The number of benzene rings is 4. The van der Waals surface area contributed by atoms with Crippen LogP contribution in [0.3, 0.4) is 0 Å². The minimum absolute atomic E-state index is 0.0339. The molecule has 0 radical (unpaired) electrons. The fourth-order valence-corrected chi connectivity index (χ4v) is 11.1. The molecule has 9 atom stereocenters. The van der Waals surface area contributed by atoms with Crippen LogP contribution in [0.5, 0.6) is 0 Å². The Hall–Kier alpha value is -6.62. The largest absolute Gasteiger partial charge is 0.347 e. The van der Waals surface area contributed by atoms with E-state index in [1.54, 1.807) is 68.1 Å². The van der Waals surface area contributed by atoms with Crippen molar-refractivity contribution in [3.63, 3.8) is 0 Å². The van der Waals surface area contributed by atoms with Gasteiger partial charge in [0.05, 0.1) is 24.2 Å². The molecule has 9 unspecified atom stereocenters. The first-order chi connectivity index (χ1) is 36.9. The van der Waals surface area contributed by atoms with Crippen molar-refractivity contribution in [2.24, 2.45) is 10.8 Å². The number of halogens is 1. The Bertz CT molecular complexity index is 2850. The average molecular weight is 1090 g/mol. The van der Waals surface area contributed by atoms with Gasteiger partial charge in [-0.25, -0.2) is 0 Å². The quantitative estimate of drug-likeness (QED) is 0.0678. The van der Waals surface area contributed by atoms with Crippen molar-refractivity contribution in [2.45, 2.75) is 162 Å². The van der Waals surface area contributed by atoms with Gasteiger partial charge in [-0.2, -0.15) is 0 Å². The molecule has 2 heterocycles. The van der Waals surface area contributed by atoms with Gasteiger partial charge in [-0.05, 0) is 123 Å². The number of nitrogens with zero attached hydrogens (tertiary/aromatic N) is 3. The molecule has 1 fully saturated rings. The first kappa shape index (κ1) is 59.0. The highest BCUT2D eigenvalue weighted by Crippen LogP contribution is 2.35. The average Bonchev–Trinajstić information content (AvgIpc) is 3.98. The fraction of sp³-hybridized carbons (Fsp3) is 0.492. The lowest BCUT2D eigenvalue weighted by molar-refractivity contribution is -0.152. The van der Waals surface area contributed by atoms with E-state index in [4.69, 9.17) is 11.6 Å². The summed E-state index contributed by atoms with van der Waals surface area (Å²) in [7, 11) is 3.34. The molecule has 7 rings (SSSR count). The fourth-order valence-electron chi connectivity index (χ4n) is 10.8. The van der Waals surface area contributed by atoms with Crippen molar-refractivity contribution in [2.75, 3.05) is 20.6 Å². The standard InChI is InChI=1S/C61H80ClN9O7/c1-36(63-10)53(72)67-51(60(4,5)6)58(77)70-34-43-21-13-12-20-42(43)31-50(70)57(76)69(38(3)45-23-16-17-25-47(45)62)33-39-27-29-41(30-28-39)55(74)65-44-32-49(56(75)66-48-26-18-22-40-19-14-15-24-46(40)48)71(35-44)59(78)52(61(7,8)9)68-54(73)37(2)64-11/h12-17,19-21,23-25,27-30,36-38,44,48-52,63-64H,18,22,26,31-35H2,1-11H3,(H,65,74)(H,66,75)(H,67,72)(H,68,73). The van der Waals surface area contributed by atoms with Crippen LogP contribution in [0.4, 0.5) is 0 Å². The van der Waals surface area contributed by atoms with Crippen molar-refractivity contribution in [1.82, 2.24) is 46.6 Å². The SMILES string of the molecule is CNC(C)C(=O)NC(C(=O)N1CC(NC(=O)c2ccc(CN(C(=O)C3Cc4ccccc4CN3C(=O)C(NC(=O)C(C)NC)C(C)(C)C)C(C)c3ccccc3Cl)cc2)CC1C(=O)NC1CCCc2ccccc21)C(C)(C)C. The maximum absolute atomic E-state index is 15.5. The van der Waals surface area contributed by atoms with Crippen molar-refractivity contribution in [1.29, 1.82) is 0 Å². The maximum atomic E-state index is 15.5. The lowest BCUT2D eigenvalue weighted by atomic mass is 9.84. The Morgan fingerprint density at radius 1 is 0.667 bits per heavy atom. The molecule has 1 aliphatic carbocycles. The van der Waals surface area contributed by atoms with Crippen LogP contribution in [0.2, 0.25) is 5.02 Å². The lowest BCUT2D eigenvalue weighted by Gasteiger charge is -2.43. The molecular formula is C61H80ClN9O7. The minimum Gasteiger partial charge on any atom is -0.347 e. The van der Waals surface area contributed by atoms with Crippen LogP contribution < -0.4 is 31.9 Å². The van der Waals surface area contributed by atoms with Gasteiger partial charge in [0.1, 0.15) is 24.2 Å². The molecule has 0 bridgehead atoms. The Morgan fingerprint density at radius 2 is 1.22 bits per heavy atom. The predicted octanol–water partition coefficient (Wildman–Crippen LogP) is 6.55. The summed E-state index contributed by atoms with van der Waals surface area (Å²) in [6.07, 6.45) is 2.95. The summed E-state index contributed by atoms with van der Waals surface area (Å²) < 4.78 is 0. The summed E-state index contributed by atoms with van der Waals surface area (Å²) in [5.74, 6) is -2.54. The number of likely N-dealkylation sites (tertiary alicyclic amines) is 1. The van der Waals surface area contributed by atoms with E-state index in [1.165, 1.54) is 10.5 Å². The predicted molar refractivity (Wildman–Crippen MR) is 303 cm³/mol. The monoisotopic (exact) mass is 1090 g/mol. The molecule has 78 heavy (non-hydrogen) atoms. The van der Waals surface area contributed by atoms with E-state index < -0.39 is 71.0 Å². The zero-order chi connectivity index (χ0) is 56.8. The Labute approximate surface area is 465 Å². The zero-order valence-electron chi connectivity index (χ0n) is 47.2. The molecule has 0 spiro atoms. The molecule has 2 aliphatic heterocycles. The molecule has 17 heteroatoms. The molecule has 16 nitrogen and oxygen atoms in total. The Balaban J connectivity index is 1.15. The van der Waals surface area contributed by atoms with Crippen LogP contribution in [-0.4, -0.2) is 119 Å². The van der Waals surface area contributed by atoms with Gasteiger partial charge in [0.15, 0.2) is 0 Å². The third-order valence-electron chi connectivity index (χ3n) is 15.9. The number of nitrogens with one attached hydrogen (secondary N) is 6. The summed E-state index contributed by atoms with van der Waals surface area (Å²) in [5.41, 5.74) is 4.38. The van der Waals surface area contributed by atoms with E-state index in [0.29, 0.717) is 21.7 Å². The first-order valence-electron chi connectivity index (χ1n) is 27.4. The van der Waals surface area contributed by atoms with Gasteiger partial charge in [0, 0.05) is 42.7 Å². The van der Waals surface area contributed by atoms with Crippen LogP contribution in [-0.2, 0) is 54.7 Å². The van der Waals surface area contributed by atoms with Crippen molar-refractivity contribution in [3.05, 3.63) is 141 Å². The van der Waals surface area contributed by atoms with Crippen molar-refractivity contribution in [3.8, 4) is 0 Å². The highest BCUT2D eigenvalue weighted by Gasteiger charge is 2.47. The molecule has 1 saturated heterocycles. The molecule has 4 aromatic rings. The number of rotatable bonds is 17. The maximum Gasteiger partial charge on any atom is 0.251 e. The number of aryl methyl sites for hydroxylation is 1. The summed E-state index contributed by atoms with van der Waals surface area (Å²) >= 11 is 6.84. The van der Waals surface area contributed by atoms with Gasteiger partial charge in [0.2, 0.25) is 35.4 Å². The number of likely N-dealkylation sites (N-methyl/N-ethyl adjacent to an activating group) is 2. The third kappa shape index (κ3) is 13.6. The number of fused-ring (bicyclic) bond motifs is 2. The molecule has 3 aliphatic rings. The van der Waals surface area contributed by atoms with Crippen LogP contribution in [0, 0.1) is 10.8 Å². The first-order valence-corrected chi connectivity index (χ1v) is 27.7. The normalized spacial score (nSPS) is 20.2. The van der Waals surface area contributed by atoms with E-state index in [-0.39, 0.29) is 68.1 Å². The van der Waals surface area contributed by atoms with E-state index in [2.05, 4.69) is 38.0 Å². The molecule has 6 N–H and O–H groups in total. The smallest absolute Gasteiger partial charge is 0.251 e. The molecule has 4 aromatic carbocycles. The van der Waals surface area contributed by atoms with Crippen molar-refractivity contribution >= 4 is 53.0 Å². The topological polar surface area (TPSA) is 201 Å². The van der Waals surface area contributed by atoms with Crippen molar-refractivity contribution < 1.29 is 33.6 Å². The molecule has 0 aromatic heterocycles.